The maximum absolute atomic E-state index is 9.50. The fraction of sp³-hybridized carbons (Fsp3) is 0.412. The second kappa shape index (κ2) is 14.3. The summed E-state index contributed by atoms with van der Waals surface area (Å²) in [6, 6.07) is 0. The molecule has 0 radical (unpaired) electrons. The van der Waals surface area contributed by atoms with E-state index in [1.807, 2.05) is 18.2 Å². The van der Waals surface area contributed by atoms with Crippen molar-refractivity contribution in [2.45, 2.75) is 38.7 Å². The molecule has 2 nitrogen and oxygen atoms in total. The van der Waals surface area contributed by atoms with E-state index in [1.54, 1.807) is 18.2 Å². The van der Waals surface area contributed by atoms with Crippen LogP contribution in [0, 0.1) is 23.7 Å². The van der Waals surface area contributed by atoms with E-state index in [1.165, 1.54) is 0 Å². The Bertz CT molecular complexity index is 408. The van der Waals surface area contributed by atoms with Crippen molar-refractivity contribution in [1.29, 1.82) is 0 Å². The molecule has 0 aromatic carbocycles. The zero-order chi connectivity index (χ0) is 14.2. The number of rotatable bonds is 7. The summed E-state index contributed by atoms with van der Waals surface area (Å²) < 4.78 is 0. The maximum atomic E-state index is 9.50. The van der Waals surface area contributed by atoms with Crippen LogP contribution in [-0.2, 0) is 0 Å². The van der Waals surface area contributed by atoms with Crippen molar-refractivity contribution in [2.75, 3.05) is 6.61 Å². The molecule has 1 atom stereocenters. The first-order valence-corrected chi connectivity index (χ1v) is 6.58. The Morgan fingerprint density at radius 3 is 2.42 bits per heavy atom. The van der Waals surface area contributed by atoms with Crippen LogP contribution in [0.1, 0.15) is 32.6 Å². The minimum Gasteiger partial charge on any atom is -0.393 e. The monoisotopic (exact) mass is 258 g/mol. The summed E-state index contributed by atoms with van der Waals surface area (Å²) in [5.41, 5.74) is 0. The third-order valence-electron chi connectivity index (χ3n) is 2.23. The number of hydrogen-bond donors (Lipinski definition) is 2. The Balaban J connectivity index is 3.75. The van der Waals surface area contributed by atoms with E-state index in [0.29, 0.717) is 0 Å². The van der Waals surface area contributed by atoms with E-state index < -0.39 is 0 Å². The van der Waals surface area contributed by atoms with E-state index in [2.05, 4.69) is 30.6 Å². The van der Waals surface area contributed by atoms with Crippen LogP contribution in [0.15, 0.2) is 36.5 Å². The van der Waals surface area contributed by atoms with Crippen LogP contribution in [0.3, 0.4) is 0 Å². The summed E-state index contributed by atoms with van der Waals surface area (Å²) in [6.45, 7) is 2.07. The summed E-state index contributed by atoms with van der Waals surface area (Å²) in [5.74, 6) is 10.8. The van der Waals surface area contributed by atoms with E-state index in [0.717, 1.165) is 25.7 Å². The molecule has 0 aromatic rings. The first kappa shape index (κ1) is 17.3. The second-order valence-corrected chi connectivity index (χ2v) is 3.93. The largest absolute Gasteiger partial charge is 0.393 e. The molecule has 0 saturated heterocycles. The molecule has 0 fully saturated rings. The molecule has 0 aliphatic rings. The Kier molecular flexibility index (Phi) is 13.0. The van der Waals surface area contributed by atoms with Crippen molar-refractivity contribution in [3.8, 4) is 23.7 Å². The van der Waals surface area contributed by atoms with Crippen molar-refractivity contribution in [1.82, 2.24) is 0 Å². The highest BCUT2D eigenvalue weighted by Gasteiger charge is 1.98. The van der Waals surface area contributed by atoms with Gasteiger partial charge in [-0.25, -0.2) is 0 Å². The topological polar surface area (TPSA) is 40.5 Å². The third kappa shape index (κ3) is 14.2. The van der Waals surface area contributed by atoms with Crippen molar-refractivity contribution in [2.24, 2.45) is 0 Å². The van der Waals surface area contributed by atoms with Gasteiger partial charge in [0.2, 0.25) is 0 Å². The van der Waals surface area contributed by atoms with Crippen molar-refractivity contribution in [3.05, 3.63) is 36.5 Å². The van der Waals surface area contributed by atoms with Gasteiger partial charge in [-0.15, -0.1) is 0 Å². The average Bonchev–Trinajstić information content (AvgIpc) is 2.40. The lowest BCUT2D eigenvalue weighted by Crippen LogP contribution is -2.04. The lowest BCUT2D eigenvalue weighted by molar-refractivity contribution is 0.155. The smallest absolute Gasteiger partial charge is 0.0621 e. The molecular formula is C17H22O2. The molecule has 0 unspecified atom stereocenters. The highest BCUT2D eigenvalue weighted by atomic mass is 16.3. The zero-order valence-corrected chi connectivity index (χ0v) is 11.5. The number of aliphatic hydroxyl groups is 2. The Morgan fingerprint density at radius 1 is 1.00 bits per heavy atom. The number of hydrogen-bond acceptors (Lipinski definition) is 2. The molecule has 102 valence electrons. The molecule has 0 aliphatic carbocycles. The molecule has 2 heteroatoms. The highest BCUT2D eigenvalue weighted by Crippen LogP contribution is 2.04. The van der Waals surface area contributed by atoms with Gasteiger partial charge in [-0.1, -0.05) is 49.5 Å². The average molecular weight is 258 g/mol. The lowest BCUT2D eigenvalue weighted by atomic mass is 10.1. The lowest BCUT2D eigenvalue weighted by Gasteiger charge is -2.05. The minimum atomic E-state index is -0.180. The van der Waals surface area contributed by atoms with Crippen LogP contribution in [0.2, 0.25) is 0 Å². The molecule has 0 rings (SSSR count). The molecule has 0 heterocycles. The molecule has 2 N–H and O–H groups in total. The molecule has 0 aliphatic heterocycles. The number of aliphatic hydroxyl groups excluding tert-OH is 2. The summed E-state index contributed by atoms with van der Waals surface area (Å²) >= 11 is 0. The first-order valence-electron chi connectivity index (χ1n) is 6.58. The van der Waals surface area contributed by atoms with Crippen LogP contribution in [-0.4, -0.2) is 22.9 Å². The van der Waals surface area contributed by atoms with Gasteiger partial charge < -0.3 is 10.2 Å². The fourth-order valence-corrected chi connectivity index (χ4v) is 1.31. The highest BCUT2D eigenvalue weighted by molar-refractivity contribution is 5.34. The molecule has 0 spiro atoms. The predicted molar refractivity (Wildman–Crippen MR) is 80.2 cm³/mol. The Morgan fingerprint density at radius 2 is 1.74 bits per heavy atom. The van der Waals surface area contributed by atoms with Crippen LogP contribution < -0.4 is 0 Å². The summed E-state index contributed by atoms with van der Waals surface area (Å²) in [7, 11) is 0. The van der Waals surface area contributed by atoms with Crippen LogP contribution >= 0.6 is 0 Å². The summed E-state index contributed by atoms with van der Waals surface area (Å²) in [4.78, 5) is 0. The van der Waals surface area contributed by atoms with Gasteiger partial charge >= 0.3 is 0 Å². The SMILES string of the molecule is CCC[C@H](O)CC/C=C/C=C/C#CC#CC=CCO. The van der Waals surface area contributed by atoms with Gasteiger partial charge in [0.15, 0.2) is 0 Å². The molecule has 0 amide bonds. The van der Waals surface area contributed by atoms with Crippen LogP contribution in [0.5, 0.6) is 0 Å². The van der Waals surface area contributed by atoms with Gasteiger partial charge in [-0.05, 0) is 43.3 Å². The number of allylic oxidation sites excluding steroid dienone is 5. The van der Waals surface area contributed by atoms with E-state index in [9.17, 15) is 5.11 Å². The predicted octanol–water partition coefficient (Wildman–Crippen LogP) is 2.60. The van der Waals surface area contributed by atoms with E-state index >= 15 is 0 Å². The van der Waals surface area contributed by atoms with Gasteiger partial charge in [0.1, 0.15) is 0 Å². The molecule has 0 saturated carbocycles. The van der Waals surface area contributed by atoms with Crippen LogP contribution in [0.25, 0.3) is 0 Å². The van der Waals surface area contributed by atoms with E-state index in [4.69, 9.17) is 5.11 Å². The molecule has 0 aromatic heterocycles. The van der Waals surface area contributed by atoms with E-state index in [-0.39, 0.29) is 12.7 Å². The first-order chi connectivity index (χ1) is 9.31. The zero-order valence-electron chi connectivity index (χ0n) is 11.5. The minimum absolute atomic E-state index is 0.000239. The Labute approximate surface area is 116 Å². The molecular weight excluding hydrogens is 236 g/mol. The van der Waals surface area contributed by atoms with Crippen molar-refractivity contribution >= 4 is 0 Å². The third-order valence-corrected chi connectivity index (χ3v) is 2.23. The standard InChI is InChI=1S/C17H22O2/c1-2-14-17(19)15-12-10-8-6-4-3-5-7-9-11-13-16-18/h4,6,8,10-11,13,17-19H,2,12,14-16H2,1H3/b6-4+,10-8+,13-11?/t17-/m0/s1. The Hall–Kier alpha value is -1.74. The summed E-state index contributed by atoms with van der Waals surface area (Å²) in [6.07, 6.45) is 14.1. The van der Waals surface area contributed by atoms with Gasteiger partial charge in [0.25, 0.3) is 0 Å². The second-order valence-electron chi connectivity index (χ2n) is 3.93. The van der Waals surface area contributed by atoms with Crippen molar-refractivity contribution < 1.29 is 10.2 Å². The van der Waals surface area contributed by atoms with Crippen LogP contribution in [0.4, 0.5) is 0 Å². The van der Waals surface area contributed by atoms with Gasteiger partial charge in [0.05, 0.1) is 12.7 Å². The van der Waals surface area contributed by atoms with Gasteiger partial charge in [-0.2, -0.15) is 0 Å². The molecule has 0 bridgehead atoms. The molecule has 19 heavy (non-hydrogen) atoms. The fourth-order valence-electron chi connectivity index (χ4n) is 1.31. The van der Waals surface area contributed by atoms with Crippen molar-refractivity contribution in [3.63, 3.8) is 0 Å². The maximum Gasteiger partial charge on any atom is 0.0621 e. The quantitative estimate of drug-likeness (QED) is 0.544. The van der Waals surface area contributed by atoms with Gasteiger partial charge in [-0.3, -0.25) is 0 Å². The van der Waals surface area contributed by atoms with Gasteiger partial charge in [0, 0.05) is 0 Å². The normalized spacial score (nSPS) is 12.4. The summed E-state index contributed by atoms with van der Waals surface area (Å²) in [5, 5.41) is 17.9.